The Bertz CT molecular complexity index is 887. The SMILES string of the molecule is CCNC(=NCc1cc2ccccc2[nH]1)NCC(C)Oc1ccccc1OC. The second-order valence-electron chi connectivity index (χ2n) is 6.54. The number of aliphatic imine (C=N–C) groups is 1. The van der Waals surface area contributed by atoms with Crippen LogP contribution in [0.15, 0.2) is 59.6 Å². The highest BCUT2D eigenvalue weighted by Crippen LogP contribution is 2.26. The highest BCUT2D eigenvalue weighted by molar-refractivity contribution is 5.81. The maximum absolute atomic E-state index is 5.99. The number of guanidine groups is 1. The summed E-state index contributed by atoms with van der Waals surface area (Å²) in [7, 11) is 1.64. The van der Waals surface area contributed by atoms with Crippen molar-refractivity contribution >= 4 is 16.9 Å². The molecule has 3 N–H and O–H groups in total. The summed E-state index contributed by atoms with van der Waals surface area (Å²) in [4.78, 5) is 8.08. The van der Waals surface area contributed by atoms with Crippen LogP contribution in [0.25, 0.3) is 10.9 Å². The number of hydrogen-bond acceptors (Lipinski definition) is 3. The van der Waals surface area contributed by atoms with Crippen molar-refractivity contribution in [1.29, 1.82) is 0 Å². The molecule has 1 atom stereocenters. The first kappa shape index (κ1) is 19.6. The number of ether oxygens (including phenoxy) is 2. The molecule has 0 aliphatic heterocycles. The molecule has 6 nitrogen and oxygen atoms in total. The Balaban J connectivity index is 1.58. The predicted molar refractivity (Wildman–Crippen MR) is 114 cm³/mol. The Morgan fingerprint density at radius 2 is 1.82 bits per heavy atom. The van der Waals surface area contributed by atoms with Gasteiger partial charge < -0.3 is 25.1 Å². The number of benzene rings is 2. The molecule has 28 heavy (non-hydrogen) atoms. The highest BCUT2D eigenvalue weighted by atomic mass is 16.5. The Labute approximate surface area is 166 Å². The number of nitrogens with zero attached hydrogens (tertiary/aromatic N) is 1. The Morgan fingerprint density at radius 1 is 1.07 bits per heavy atom. The molecule has 3 aromatic rings. The van der Waals surface area contributed by atoms with Gasteiger partial charge in [-0.3, -0.25) is 0 Å². The van der Waals surface area contributed by atoms with Crippen LogP contribution in [0.1, 0.15) is 19.5 Å². The van der Waals surface area contributed by atoms with Crippen LogP contribution in [0.2, 0.25) is 0 Å². The molecule has 0 radical (unpaired) electrons. The van der Waals surface area contributed by atoms with Crippen LogP contribution in [-0.2, 0) is 6.54 Å². The fourth-order valence-corrected chi connectivity index (χ4v) is 2.94. The van der Waals surface area contributed by atoms with E-state index in [9.17, 15) is 0 Å². The van der Waals surface area contributed by atoms with Gasteiger partial charge in [-0.2, -0.15) is 0 Å². The maximum Gasteiger partial charge on any atom is 0.191 e. The minimum Gasteiger partial charge on any atom is -0.493 e. The summed E-state index contributed by atoms with van der Waals surface area (Å²) in [6.07, 6.45) is -0.0479. The van der Waals surface area contributed by atoms with Crippen LogP contribution in [0.3, 0.4) is 0 Å². The van der Waals surface area contributed by atoms with Gasteiger partial charge in [0.15, 0.2) is 17.5 Å². The lowest BCUT2D eigenvalue weighted by atomic mass is 10.2. The molecule has 0 spiro atoms. The van der Waals surface area contributed by atoms with E-state index in [0.29, 0.717) is 13.1 Å². The highest BCUT2D eigenvalue weighted by Gasteiger charge is 2.09. The van der Waals surface area contributed by atoms with E-state index in [1.165, 1.54) is 5.39 Å². The van der Waals surface area contributed by atoms with Gasteiger partial charge in [0, 0.05) is 17.8 Å². The summed E-state index contributed by atoms with van der Waals surface area (Å²) in [6.45, 7) is 6.05. The molecule has 1 aromatic heterocycles. The van der Waals surface area contributed by atoms with Crippen LogP contribution in [0.4, 0.5) is 0 Å². The smallest absolute Gasteiger partial charge is 0.191 e. The number of para-hydroxylation sites is 3. The molecular weight excluding hydrogens is 352 g/mol. The zero-order valence-corrected chi connectivity index (χ0v) is 16.7. The molecule has 0 aliphatic carbocycles. The lowest BCUT2D eigenvalue weighted by Gasteiger charge is -2.19. The van der Waals surface area contributed by atoms with E-state index in [0.717, 1.165) is 35.2 Å². The standard InChI is InChI=1S/C22H28N4O2/c1-4-23-22(25-15-18-13-17-9-5-6-10-19(17)26-18)24-14-16(2)28-21-12-8-7-11-20(21)27-3/h5-13,16,26H,4,14-15H2,1-3H3,(H2,23,24,25). The van der Waals surface area contributed by atoms with Gasteiger partial charge in [-0.05, 0) is 43.5 Å². The van der Waals surface area contributed by atoms with E-state index in [2.05, 4.69) is 45.7 Å². The van der Waals surface area contributed by atoms with Crippen molar-refractivity contribution in [2.24, 2.45) is 4.99 Å². The van der Waals surface area contributed by atoms with Gasteiger partial charge in [-0.25, -0.2) is 4.99 Å². The number of rotatable bonds is 8. The molecule has 1 unspecified atom stereocenters. The van der Waals surface area contributed by atoms with Gasteiger partial charge >= 0.3 is 0 Å². The van der Waals surface area contributed by atoms with Crippen molar-refractivity contribution in [3.8, 4) is 11.5 Å². The Morgan fingerprint density at radius 3 is 2.57 bits per heavy atom. The second kappa shape index (κ2) is 9.69. The van der Waals surface area contributed by atoms with Crippen molar-refractivity contribution < 1.29 is 9.47 Å². The number of methoxy groups -OCH3 is 1. The lowest BCUT2D eigenvalue weighted by molar-refractivity contribution is 0.213. The van der Waals surface area contributed by atoms with Crippen LogP contribution in [-0.4, -0.2) is 37.2 Å². The first-order valence-corrected chi connectivity index (χ1v) is 9.58. The summed E-state index contributed by atoms with van der Waals surface area (Å²) in [5, 5.41) is 7.81. The number of nitrogens with one attached hydrogen (secondary N) is 3. The number of H-pyrrole nitrogens is 1. The first-order chi connectivity index (χ1) is 13.7. The zero-order valence-electron chi connectivity index (χ0n) is 16.7. The molecule has 148 valence electrons. The Kier molecular flexibility index (Phi) is 6.78. The molecule has 3 rings (SSSR count). The molecule has 0 fully saturated rings. The number of aromatic nitrogens is 1. The van der Waals surface area contributed by atoms with Gasteiger partial charge in [-0.1, -0.05) is 30.3 Å². The minimum atomic E-state index is -0.0479. The monoisotopic (exact) mass is 380 g/mol. The summed E-state index contributed by atoms with van der Waals surface area (Å²) >= 11 is 0. The van der Waals surface area contributed by atoms with Crippen molar-refractivity contribution in [1.82, 2.24) is 15.6 Å². The molecule has 6 heteroatoms. The van der Waals surface area contributed by atoms with Crippen molar-refractivity contribution in [3.05, 3.63) is 60.3 Å². The van der Waals surface area contributed by atoms with Gasteiger partial charge in [-0.15, -0.1) is 0 Å². The summed E-state index contributed by atoms with van der Waals surface area (Å²) in [6, 6.07) is 18.0. The van der Waals surface area contributed by atoms with E-state index < -0.39 is 0 Å². The Hall–Kier alpha value is -3.15. The topological polar surface area (TPSA) is 70.7 Å². The largest absolute Gasteiger partial charge is 0.493 e. The lowest BCUT2D eigenvalue weighted by Crippen LogP contribution is -2.41. The molecular formula is C22H28N4O2. The third-order valence-electron chi connectivity index (χ3n) is 4.29. The van der Waals surface area contributed by atoms with E-state index in [4.69, 9.17) is 9.47 Å². The van der Waals surface area contributed by atoms with Crippen molar-refractivity contribution in [3.63, 3.8) is 0 Å². The average Bonchev–Trinajstić information content (AvgIpc) is 3.13. The second-order valence-corrected chi connectivity index (χ2v) is 6.54. The fraction of sp³-hybridized carbons (Fsp3) is 0.318. The van der Waals surface area contributed by atoms with Crippen LogP contribution in [0, 0.1) is 0 Å². The van der Waals surface area contributed by atoms with Crippen LogP contribution >= 0.6 is 0 Å². The third kappa shape index (κ3) is 5.19. The maximum atomic E-state index is 5.99. The molecule has 0 saturated heterocycles. The normalized spacial score (nSPS) is 12.6. The molecule has 0 bridgehead atoms. The average molecular weight is 380 g/mol. The fourth-order valence-electron chi connectivity index (χ4n) is 2.94. The van der Waals surface area contributed by atoms with Crippen LogP contribution < -0.4 is 20.1 Å². The number of hydrogen-bond donors (Lipinski definition) is 3. The van der Waals surface area contributed by atoms with E-state index in [1.807, 2.05) is 43.3 Å². The van der Waals surface area contributed by atoms with Gasteiger partial charge in [0.25, 0.3) is 0 Å². The minimum absolute atomic E-state index is 0.0479. The first-order valence-electron chi connectivity index (χ1n) is 9.58. The van der Waals surface area contributed by atoms with Crippen LogP contribution in [0.5, 0.6) is 11.5 Å². The summed E-state index contributed by atoms with van der Waals surface area (Å²) in [5.41, 5.74) is 2.21. The molecule has 2 aromatic carbocycles. The van der Waals surface area contributed by atoms with E-state index in [-0.39, 0.29) is 6.10 Å². The van der Waals surface area contributed by atoms with Crippen molar-refractivity contribution in [2.75, 3.05) is 20.2 Å². The number of fused-ring (bicyclic) bond motifs is 1. The molecule has 0 amide bonds. The van der Waals surface area contributed by atoms with Gasteiger partial charge in [0.05, 0.1) is 20.2 Å². The zero-order chi connectivity index (χ0) is 19.8. The summed E-state index contributed by atoms with van der Waals surface area (Å²) in [5.74, 6) is 2.23. The third-order valence-corrected chi connectivity index (χ3v) is 4.29. The quantitative estimate of drug-likeness (QED) is 0.412. The van der Waals surface area contributed by atoms with Crippen molar-refractivity contribution in [2.45, 2.75) is 26.5 Å². The molecule has 0 saturated carbocycles. The van der Waals surface area contributed by atoms with E-state index >= 15 is 0 Å². The molecule has 0 aliphatic rings. The molecule has 1 heterocycles. The number of aromatic amines is 1. The van der Waals surface area contributed by atoms with Gasteiger partial charge in [0.2, 0.25) is 0 Å². The van der Waals surface area contributed by atoms with Gasteiger partial charge in [0.1, 0.15) is 6.10 Å². The predicted octanol–water partition coefficient (Wildman–Crippen LogP) is 3.70. The summed E-state index contributed by atoms with van der Waals surface area (Å²) < 4.78 is 11.3. The van der Waals surface area contributed by atoms with E-state index in [1.54, 1.807) is 7.11 Å².